The molecule has 1 atom stereocenters. The molecule has 0 spiro atoms. The van der Waals surface area contributed by atoms with E-state index in [1.54, 1.807) is 0 Å². The van der Waals surface area contributed by atoms with Crippen LogP contribution in [-0.2, 0) is 9.53 Å². The number of hydrogen-bond donors (Lipinski definition) is 2. The number of carbonyl (C=O) groups is 1. The molecule has 1 aliphatic carbocycles. The second-order valence-electron chi connectivity index (χ2n) is 2.42. The first-order chi connectivity index (χ1) is 5.69. The first-order valence-electron chi connectivity index (χ1n) is 3.48. The fourth-order valence-electron chi connectivity index (χ4n) is 0.965. The molecule has 12 heavy (non-hydrogen) atoms. The maximum Gasteiger partial charge on any atom is 0.220 e. The van der Waals surface area contributed by atoms with E-state index in [0.717, 1.165) is 0 Å². The summed E-state index contributed by atoms with van der Waals surface area (Å²) >= 11 is 0. The molecule has 0 aromatic rings. The minimum Gasteiger partial charge on any atom is -0.493 e. The van der Waals surface area contributed by atoms with Crippen molar-refractivity contribution in [1.29, 1.82) is 0 Å². The van der Waals surface area contributed by atoms with Crippen LogP contribution >= 0.6 is 0 Å². The number of ether oxygens (including phenoxy) is 1. The number of rotatable bonds is 2. The van der Waals surface area contributed by atoms with Crippen LogP contribution in [0.5, 0.6) is 0 Å². The molecule has 0 aromatic carbocycles. The molecule has 4 nitrogen and oxygen atoms in total. The number of carbonyl (C=O) groups excluding carboxylic acids is 1. The maximum absolute atomic E-state index is 11.0. The second-order valence-corrected chi connectivity index (χ2v) is 2.42. The molecule has 66 valence electrons. The van der Waals surface area contributed by atoms with Gasteiger partial charge in [-0.3, -0.25) is 4.79 Å². The topological polar surface area (TPSA) is 66.8 Å². The fourth-order valence-corrected chi connectivity index (χ4v) is 0.965. The van der Waals surface area contributed by atoms with Crippen molar-refractivity contribution in [3.8, 4) is 0 Å². The van der Waals surface area contributed by atoms with Crippen molar-refractivity contribution in [3.63, 3.8) is 0 Å². The van der Waals surface area contributed by atoms with Crippen molar-refractivity contribution in [3.05, 3.63) is 23.5 Å². The second kappa shape index (κ2) is 3.51. The first-order valence-corrected chi connectivity index (χ1v) is 3.48. The molecular formula is C8H10O4. The standard InChI is InChI=1S/C8H10O4/c1-12-8-3-6(10)5(4-9)2-7(8)11/h2-3,6,9-10H,4H2,1H3. The van der Waals surface area contributed by atoms with Gasteiger partial charge in [0, 0.05) is 0 Å². The summed E-state index contributed by atoms with van der Waals surface area (Å²) in [7, 11) is 1.36. The van der Waals surface area contributed by atoms with Gasteiger partial charge in [0.25, 0.3) is 0 Å². The summed E-state index contributed by atoms with van der Waals surface area (Å²) in [5.41, 5.74) is 0.292. The van der Waals surface area contributed by atoms with Crippen LogP contribution in [0, 0.1) is 0 Å². The Bertz CT molecular complexity index is 252. The third-order valence-corrected chi connectivity index (χ3v) is 1.65. The summed E-state index contributed by atoms with van der Waals surface area (Å²) in [6.45, 7) is -0.319. The molecule has 0 radical (unpaired) electrons. The van der Waals surface area contributed by atoms with Crippen molar-refractivity contribution in [2.45, 2.75) is 6.10 Å². The lowest BCUT2D eigenvalue weighted by atomic mass is 10.0. The van der Waals surface area contributed by atoms with E-state index in [0.29, 0.717) is 5.57 Å². The van der Waals surface area contributed by atoms with Gasteiger partial charge in [-0.15, -0.1) is 0 Å². The highest BCUT2D eigenvalue weighted by molar-refractivity contribution is 6.04. The van der Waals surface area contributed by atoms with Crippen molar-refractivity contribution in [2.75, 3.05) is 13.7 Å². The van der Waals surface area contributed by atoms with E-state index in [4.69, 9.17) is 9.84 Å². The molecule has 0 saturated carbocycles. The van der Waals surface area contributed by atoms with E-state index in [2.05, 4.69) is 0 Å². The van der Waals surface area contributed by atoms with Crippen LogP contribution in [-0.4, -0.2) is 35.8 Å². The molecule has 1 aliphatic rings. The zero-order valence-corrected chi connectivity index (χ0v) is 6.65. The predicted molar refractivity (Wildman–Crippen MR) is 41.3 cm³/mol. The van der Waals surface area contributed by atoms with Gasteiger partial charge in [-0.25, -0.2) is 0 Å². The molecule has 0 heterocycles. The number of aliphatic hydroxyl groups is 2. The van der Waals surface area contributed by atoms with Crippen molar-refractivity contribution in [2.24, 2.45) is 0 Å². The smallest absolute Gasteiger partial charge is 0.220 e. The van der Waals surface area contributed by atoms with Gasteiger partial charge < -0.3 is 14.9 Å². The Balaban J connectivity index is 2.86. The molecule has 1 rings (SSSR count). The zero-order chi connectivity index (χ0) is 9.14. The Morgan fingerprint density at radius 3 is 2.83 bits per heavy atom. The molecule has 0 aromatic heterocycles. The minimum absolute atomic E-state index is 0.111. The molecule has 0 fully saturated rings. The highest BCUT2D eigenvalue weighted by atomic mass is 16.5. The highest BCUT2D eigenvalue weighted by Gasteiger charge is 2.20. The fraction of sp³-hybridized carbons (Fsp3) is 0.375. The average molecular weight is 170 g/mol. The number of methoxy groups -OCH3 is 1. The van der Waals surface area contributed by atoms with E-state index in [1.807, 2.05) is 0 Å². The SMILES string of the molecule is COC1=CC(O)C(CO)=CC1=O. The van der Waals surface area contributed by atoms with Crippen LogP contribution in [0.3, 0.4) is 0 Å². The largest absolute Gasteiger partial charge is 0.493 e. The molecular weight excluding hydrogens is 160 g/mol. The molecule has 0 amide bonds. The maximum atomic E-state index is 11.0. The third kappa shape index (κ3) is 1.54. The predicted octanol–water partition coefficient (Wildman–Crippen LogP) is -0.621. The molecule has 4 heteroatoms. The lowest BCUT2D eigenvalue weighted by molar-refractivity contribution is -0.114. The summed E-state index contributed by atoms with van der Waals surface area (Å²) in [6, 6.07) is 0. The van der Waals surface area contributed by atoms with Crippen LogP contribution in [0.1, 0.15) is 0 Å². The molecule has 2 N–H and O–H groups in total. The average Bonchev–Trinajstić information content (AvgIpc) is 2.08. The summed E-state index contributed by atoms with van der Waals surface area (Å²) in [5.74, 6) is -0.216. The summed E-state index contributed by atoms with van der Waals surface area (Å²) in [5, 5.41) is 17.9. The minimum atomic E-state index is -0.914. The highest BCUT2D eigenvalue weighted by Crippen LogP contribution is 2.14. The van der Waals surface area contributed by atoms with Gasteiger partial charge in [0.1, 0.15) is 0 Å². The summed E-state index contributed by atoms with van der Waals surface area (Å²) in [4.78, 5) is 11.0. The number of aliphatic hydroxyl groups excluding tert-OH is 2. The Morgan fingerprint density at radius 2 is 2.33 bits per heavy atom. The molecule has 0 bridgehead atoms. The third-order valence-electron chi connectivity index (χ3n) is 1.65. The van der Waals surface area contributed by atoms with E-state index >= 15 is 0 Å². The van der Waals surface area contributed by atoms with E-state index in [-0.39, 0.29) is 18.1 Å². The quantitative estimate of drug-likeness (QED) is 0.579. The van der Waals surface area contributed by atoms with Gasteiger partial charge in [0.05, 0.1) is 19.8 Å². The van der Waals surface area contributed by atoms with Gasteiger partial charge in [0.15, 0.2) is 5.76 Å². The van der Waals surface area contributed by atoms with Gasteiger partial charge in [-0.1, -0.05) is 0 Å². The van der Waals surface area contributed by atoms with Gasteiger partial charge >= 0.3 is 0 Å². The van der Waals surface area contributed by atoms with Gasteiger partial charge in [0.2, 0.25) is 5.78 Å². The Kier molecular flexibility index (Phi) is 2.62. The van der Waals surface area contributed by atoms with Crippen LogP contribution < -0.4 is 0 Å². The summed E-state index contributed by atoms with van der Waals surface area (Å²) in [6.07, 6.45) is 1.54. The van der Waals surface area contributed by atoms with Crippen molar-refractivity contribution < 1.29 is 19.7 Å². The number of ketones is 1. The van der Waals surface area contributed by atoms with Gasteiger partial charge in [-0.05, 0) is 17.7 Å². The van der Waals surface area contributed by atoms with Crippen molar-refractivity contribution in [1.82, 2.24) is 0 Å². The molecule has 1 unspecified atom stereocenters. The lowest BCUT2D eigenvalue weighted by Gasteiger charge is -2.15. The summed E-state index contributed by atoms with van der Waals surface area (Å²) < 4.78 is 4.69. The monoisotopic (exact) mass is 170 g/mol. The number of allylic oxidation sites excluding steroid dienone is 1. The Labute approximate surface area is 69.8 Å². The Morgan fingerprint density at radius 1 is 1.67 bits per heavy atom. The van der Waals surface area contributed by atoms with E-state index in [9.17, 15) is 9.90 Å². The van der Waals surface area contributed by atoms with Crippen LogP contribution in [0.15, 0.2) is 23.5 Å². The van der Waals surface area contributed by atoms with Crippen LogP contribution in [0.2, 0.25) is 0 Å². The van der Waals surface area contributed by atoms with E-state index < -0.39 is 6.10 Å². The lowest BCUT2D eigenvalue weighted by Crippen LogP contribution is -2.20. The Hall–Kier alpha value is -1.13. The van der Waals surface area contributed by atoms with Crippen molar-refractivity contribution >= 4 is 5.78 Å². The normalized spacial score (nSPS) is 23.2. The zero-order valence-electron chi connectivity index (χ0n) is 6.65. The molecule has 0 saturated heterocycles. The molecule has 0 aliphatic heterocycles. The van der Waals surface area contributed by atoms with Gasteiger partial charge in [-0.2, -0.15) is 0 Å². The first kappa shape index (κ1) is 8.96. The van der Waals surface area contributed by atoms with E-state index in [1.165, 1.54) is 19.3 Å². The van der Waals surface area contributed by atoms with Crippen LogP contribution in [0.25, 0.3) is 0 Å². The number of hydrogen-bond acceptors (Lipinski definition) is 4. The van der Waals surface area contributed by atoms with Crippen LogP contribution in [0.4, 0.5) is 0 Å².